The monoisotopic (exact) mass is 157 g/mol. The second kappa shape index (κ2) is 3.48. The van der Waals surface area contributed by atoms with Gasteiger partial charge < -0.3 is 5.73 Å². The molecule has 1 atom stereocenters. The van der Waals surface area contributed by atoms with Gasteiger partial charge in [-0.15, -0.1) is 0 Å². The number of hydrogen-bond donors (Lipinski definition) is 1. The molecule has 0 spiro atoms. The Bertz CT molecular complexity index is 219. The van der Waals surface area contributed by atoms with Crippen molar-refractivity contribution in [2.75, 3.05) is 6.54 Å². The van der Waals surface area contributed by atoms with Crippen molar-refractivity contribution in [1.82, 2.24) is 9.78 Å². The standard InChI is InChI=1S/C7H12FN3/c1-6(8)7-4-10-11(5-7)3-2-9/h4-6H,2-3,9H2,1H3. The van der Waals surface area contributed by atoms with Crippen LogP contribution in [-0.4, -0.2) is 16.3 Å². The minimum Gasteiger partial charge on any atom is -0.329 e. The molecule has 0 bridgehead atoms. The molecule has 0 saturated carbocycles. The highest BCUT2D eigenvalue weighted by Gasteiger charge is 2.04. The van der Waals surface area contributed by atoms with Gasteiger partial charge in [-0.25, -0.2) is 4.39 Å². The van der Waals surface area contributed by atoms with Gasteiger partial charge in [-0.1, -0.05) is 0 Å². The van der Waals surface area contributed by atoms with Gasteiger partial charge in [-0.2, -0.15) is 5.10 Å². The van der Waals surface area contributed by atoms with Gasteiger partial charge in [0.1, 0.15) is 6.17 Å². The average molecular weight is 157 g/mol. The number of nitrogens with two attached hydrogens (primary N) is 1. The van der Waals surface area contributed by atoms with Crippen molar-refractivity contribution in [2.24, 2.45) is 5.73 Å². The zero-order valence-electron chi connectivity index (χ0n) is 6.50. The van der Waals surface area contributed by atoms with Gasteiger partial charge in [-0.3, -0.25) is 4.68 Å². The van der Waals surface area contributed by atoms with Gasteiger partial charge in [0.05, 0.1) is 12.7 Å². The van der Waals surface area contributed by atoms with E-state index in [-0.39, 0.29) is 0 Å². The molecule has 0 radical (unpaired) electrons. The van der Waals surface area contributed by atoms with Crippen molar-refractivity contribution in [1.29, 1.82) is 0 Å². The van der Waals surface area contributed by atoms with Crippen LogP contribution in [0.2, 0.25) is 0 Å². The van der Waals surface area contributed by atoms with Crippen LogP contribution in [0.25, 0.3) is 0 Å². The number of rotatable bonds is 3. The first kappa shape index (κ1) is 8.20. The molecular formula is C7H12FN3. The fourth-order valence-electron chi connectivity index (χ4n) is 0.840. The van der Waals surface area contributed by atoms with Crippen LogP contribution in [0.3, 0.4) is 0 Å². The quantitative estimate of drug-likeness (QED) is 0.707. The van der Waals surface area contributed by atoms with Crippen LogP contribution in [0.1, 0.15) is 18.7 Å². The SMILES string of the molecule is CC(F)c1cnn(CCN)c1. The first-order valence-corrected chi connectivity index (χ1v) is 3.60. The van der Waals surface area contributed by atoms with E-state index in [0.29, 0.717) is 18.7 Å². The molecule has 1 aromatic rings. The van der Waals surface area contributed by atoms with Crippen LogP contribution in [0.4, 0.5) is 4.39 Å². The lowest BCUT2D eigenvalue weighted by Gasteiger charge is -1.96. The van der Waals surface area contributed by atoms with Crippen LogP contribution in [-0.2, 0) is 6.54 Å². The third-order valence-electron chi connectivity index (χ3n) is 1.47. The highest BCUT2D eigenvalue weighted by atomic mass is 19.1. The van der Waals surface area contributed by atoms with Crippen molar-refractivity contribution < 1.29 is 4.39 Å². The van der Waals surface area contributed by atoms with Gasteiger partial charge in [0.25, 0.3) is 0 Å². The normalized spacial score (nSPS) is 13.4. The van der Waals surface area contributed by atoms with E-state index >= 15 is 0 Å². The van der Waals surface area contributed by atoms with E-state index in [4.69, 9.17) is 5.73 Å². The minimum atomic E-state index is -0.943. The van der Waals surface area contributed by atoms with Crippen LogP contribution >= 0.6 is 0 Å². The maximum Gasteiger partial charge on any atom is 0.125 e. The molecule has 1 rings (SSSR count). The molecule has 1 heterocycles. The summed E-state index contributed by atoms with van der Waals surface area (Å²) in [5.41, 5.74) is 5.90. The lowest BCUT2D eigenvalue weighted by molar-refractivity contribution is 0.374. The predicted molar refractivity (Wildman–Crippen MR) is 40.8 cm³/mol. The smallest absolute Gasteiger partial charge is 0.125 e. The van der Waals surface area contributed by atoms with Gasteiger partial charge >= 0.3 is 0 Å². The Balaban J connectivity index is 2.66. The Morgan fingerprint density at radius 3 is 3.00 bits per heavy atom. The number of nitrogens with zero attached hydrogens (tertiary/aromatic N) is 2. The molecule has 0 amide bonds. The van der Waals surface area contributed by atoms with E-state index < -0.39 is 6.17 Å². The Morgan fingerprint density at radius 2 is 2.55 bits per heavy atom. The number of hydrogen-bond acceptors (Lipinski definition) is 2. The third-order valence-corrected chi connectivity index (χ3v) is 1.47. The van der Waals surface area contributed by atoms with Crippen LogP contribution < -0.4 is 5.73 Å². The van der Waals surface area contributed by atoms with Gasteiger partial charge in [-0.05, 0) is 6.92 Å². The third kappa shape index (κ3) is 2.01. The van der Waals surface area contributed by atoms with Crippen molar-refractivity contribution in [3.05, 3.63) is 18.0 Å². The van der Waals surface area contributed by atoms with E-state index in [1.165, 1.54) is 13.1 Å². The molecule has 0 aliphatic carbocycles. The van der Waals surface area contributed by atoms with Gasteiger partial charge in [0, 0.05) is 18.3 Å². The maximum absolute atomic E-state index is 12.6. The highest BCUT2D eigenvalue weighted by Crippen LogP contribution is 2.14. The second-order valence-electron chi connectivity index (χ2n) is 2.44. The Labute approximate surface area is 65.0 Å². The van der Waals surface area contributed by atoms with Crippen molar-refractivity contribution >= 4 is 0 Å². The summed E-state index contributed by atoms with van der Waals surface area (Å²) in [5, 5.41) is 3.92. The second-order valence-corrected chi connectivity index (χ2v) is 2.44. The average Bonchev–Trinajstić information content (AvgIpc) is 2.37. The van der Waals surface area contributed by atoms with Gasteiger partial charge in [0.15, 0.2) is 0 Å². The van der Waals surface area contributed by atoms with Crippen molar-refractivity contribution in [3.8, 4) is 0 Å². The number of alkyl halides is 1. The Hall–Kier alpha value is -0.900. The molecule has 1 aromatic heterocycles. The molecule has 0 aliphatic rings. The summed E-state index contributed by atoms with van der Waals surface area (Å²) in [5.74, 6) is 0. The largest absolute Gasteiger partial charge is 0.329 e. The Morgan fingerprint density at radius 1 is 1.82 bits per heavy atom. The number of aromatic nitrogens is 2. The topological polar surface area (TPSA) is 43.8 Å². The van der Waals surface area contributed by atoms with E-state index in [9.17, 15) is 4.39 Å². The van der Waals surface area contributed by atoms with Crippen molar-refractivity contribution in [2.45, 2.75) is 19.6 Å². The molecule has 1 unspecified atom stereocenters. The molecule has 0 saturated heterocycles. The highest BCUT2D eigenvalue weighted by molar-refractivity contribution is 5.06. The fourth-order valence-corrected chi connectivity index (χ4v) is 0.840. The van der Waals surface area contributed by atoms with E-state index in [1.807, 2.05) is 0 Å². The molecule has 0 aromatic carbocycles. The van der Waals surface area contributed by atoms with Gasteiger partial charge in [0.2, 0.25) is 0 Å². The lowest BCUT2D eigenvalue weighted by Crippen LogP contribution is -2.09. The van der Waals surface area contributed by atoms with Crippen LogP contribution in [0.5, 0.6) is 0 Å². The molecular weight excluding hydrogens is 145 g/mol. The summed E-state index contributed by atoms with van der Waals surface area (Å²) in [4.78, 5) is 0. The molecule has 62 valence electrons. The Kier molecular flexibility index (Phi) is 2.59. The zero-order chi connectivity index (χ0) is 8.27. The minimum absolute atomic E-state index is 0.530. The van der Waals surface area contributed by atoms with Crippen LogP contribution in [0.15, 0.2) is 12.4 Å². The van der Waals surface area contributed by atoms with E-state index in [0.717, 1.165) is 0 Å². The maximum atomic E-state index is 12.6. The summed E-state index contributed by atoms with van der Waals surface area (Å²) in [7, 11) is 0. The van der Waals surface area contributed by atoms with Crippen molar-refractivity contribution in [3.63, 3.8) is 0 Å². The summed E-state index contributed by atoms with van der Waals surface area (Å²) < 4.78 is 14.2. The first-order valence-electron chi connectivity index (χ1n) is 3.60. The summed E-state index contributed by atoms with van der Waals surface area (Å²) in [6.45, 7) is 2.66. The molecule has 0 aliphatic heterocycles. The zero-order valence-corrected chi connectivity index (χ0v) is 6.50. The summed E-state index contributed by atoms with van der Waals surface area (Å²) in [6, 6.07) is 0. The molecule has 2 N–H and O–H groups in total. The molecule has 11 heavy (non-hydrogen) atoms. The van der Waals surface area contributed by atoms with Crippen LogP contribution in [0, 0.1) is 0 Å². The summed E-state index contributed by atoms with van der Waals surface area (Å²) in [6.07, 6.45) is 2.26. The molecule has 3 nitrogen and oxygen atoms in total. The summed E-state index contributed by atoms with van der Waals surface area (Å²) >= 11 is 0. The first-order chi connectivity index (χ1) is 5.24. The molecule has 0 fully saturated rings. The lowest BCUT2D eigenvalue weighted by atomic mass is 10.3. The fraction of sp³-hybridized carbons (Fsp3) is 0.571. The predicted octanol–water partition coefficient (Wildman–Crippen LogP) is 0.872. The molecule has 4 heteroatoms. The van der Waals surface area contributed by atoms with E-state index in [2.05, 4.69) is 5.10 Å². The number of halogens is 1. The van der Waals surface area contributed by atoms with E-state index in [1.54, 1.807) is 10.9 Å².